The molecule has 1 aliphatic heterocycles. The van der Waals surface area contributed by atoms with E-state index in [1.807, 2.05) is 0 Å². The zero-order valence-electron chi connectivity index (χ0n) is 24.9. The van der Waals surface area contributed by atoms with Crippen LogP contribution in [-0.2, 0) is 19.0 Å². The molecule has 1 heterocycles. The second-order valence-electron chi connectivity index (χ2n) is 12.5. The molecule has 0 spiro atoms. The summed E-state index contributed by atoms with van der Waals surface area (Å²) in [5.74, 6) is -0.776. The van der Waals surface area contributed by atoms with Crippen LogP contribution in [0.1, 0.15) is 34.6 Å². The van der Waals surface area contributed by atoms with Crippen LogP contribution in [0, 0.1) is 10.8 Å². The monoisotopic (exact) mass is 634 g/mol. The summed E-state index contributed by atoms with van der Waals surface area (Å²) in [5, 5.41) is 132. The second kappa shape index (κ2) is 16.5. The number of aliphatic hydroxyl groups is 13. The van der Waals surface area contributed by atoms with E-state index in [1.165, 1.54) is 34.6 Å². The number of ketones is 1. The summed E-state index contributed by atoms with van der Waals surface area (Å²) in [7, 11) is 0. The van der Waals surface area contributed by atoms with Gasteiger partial charge in [-0.2, -0.15) is 0 Å². The third kappa shape index (κ3) is 10.0. The summed E-state index contributed by atoms with van der Waals surface area (Å²) < 4.78 is 16.1. The Kier molecular flexibility index (Phi) is 15.4. The summed E-state index contributed by atoms with van der Waals surface area (Å²) in [6.07, 6.45) is -26.8. The second-order valence-corrected chi connectivity index (χ2v) is 12.5. The molecule has 1 fully saturated rings. The van der Waals surface area contributed by atoms with Crippen LogP contribution in [0.2, 0.25) is 0 Å². The van der Waals surface area contributed by atoms with Gasteiger partial charge in [0.15, 0.2) is 12.1 Å². The average Bonchev–Trinajstić information content (AvgIpc) is 2.96. The standard InChI is InChI=1S/C26H50O17/c1-25(2,3)22(39)19(38)21(13(32)10(30)6-27)41-9-26(4,5)23(40)17(36)16(35)20(11(31)7-28)43-24-18(37)15(34)14(33)12(8-29)42-24/h10-21,23-24,27-38,40H,6-9H2,1-5H3/t10-,11-,12?,13-,14?,15?,16-,17-,18?,19-,20-,21+,23?,24?/m1/s1. The van der Waals surface area contributed by atoms with Crippen molar-refractivity contribution in [3.05, 3.63) is 0 Å². The van der Waals surface area contributed by atoms with Gasteiger partial charge in [0.25, 0.3) is 0 Å². The van der Waals surface area contributed by atoms with Gasteiger partial charge in [0.05, 0.1) is 32.5 Å². The SMILES string of the molecule is CC(C)(C)C(=O)[C@H](O)[C@@H](OCC(C)(C)C(O)[C@H](O)[C@@H](O)[C@H](OC1OC(CO)C(O)C(O)C1O)[C@H](O)CO)[C@H](O)[C@H](O)CO. The quantitative estimate of drug-likeness (QED) is 0.0707. The first-order valence-corrected chi connectivity index (χ1v) is 13.8. The van der Waals surface area contributed by atoms with Crippen molar-refractivity contribution >= 4 is 5.78 Å². The van der Waals surface area contributed by atoms with Gasteiger partial charge in [0.1, 0.15) is 73.2 Å². The third-order valence-electron chi connectivity index (χ3n) is 7.40. The minimum atomic E-state index is -2.23. The molecule has 6 unspecified atom stereocenters. The van der Waals surface area contributed by atoms with Crippen LogP contribution in [0.5, 0.6) is 0 Å². The Hall–Kier alpha value is -0.970. The molecule has 1 saturated heterocycles. The van der Waals surface area contributed by atoms with Crippen molar-refractivity contribution in [2.24, 2.45) is 10.8 Å². The van der Waals surface area contributed by atoms with Gasteiger partial charge < -0.3 is 80.6 Å². The molecule has 0 aromatic heterocycles. The minimum absolute atomic E-state index is 0.632. The Balaban J connectivity index is 3.16. The highest BCUT2D eigenvalue weighted by molar-refractivity contribution is 5.88. The maximum Gasteiger partial charge on any atom is 0.187 e. The molecule has 17 heteroatoms. The van der Waals surface area contributed by atoms with Crippen molar-refractivity contribution in [1.82, 2.24) is 0 Å². The number of aliphatic hydroxyl groups excluding tert-OH is 13. The van der Waals surface area contributed by atoms with E-state index in [0.29, 0.717) is 0 Å². The highest BCUT2D eigenvalue weighted by Gasteiger charge is 2.49. The Morgan fingerprint density at radius 1 is 0.744 bits per heavy atom. The van der Waals surface area contributed by atoms with Crippen LogP contribution in [0.25, 0.3) is 0 Å². The summed E-state index contributed by atoms with van der Waals surface area (Å²) >= 11 is 0. The molecular formula is C26H50O17. The number of hydrogen-bond donors (Lipinski definition) is 13. The molecule has 0 aromatic rings. The highest BCUT2D eigenvalue weighted by atomic mass is 16.7. The lowest BCUT2D eigenvalue weighted by atomic mass is 9.81. The first-order valence-electron chi connectivity index (χ1n) is 13.8. The van der Waals surface area contributed by atoms with Crippen LogP contribution in [-0.4, -0.2) is 184 Å². The van der Waals surface area contributed by atoms with Crippen LogP contribution in [0.15, 0.2) is 0 Å². The molecule has 0 bridgehead atoms. The molecule has 256 valence electrons. The molecule has 17 nitrogen and oxygen atoms in total. The van der Waals surface area contributed by atoms with Crippen LogP contribution in [0.3, 0.4) is 0 Å². The molecule has 0 radical (unpaired) electrons. The van der Waals surface area contributed by atoms with Crippen molar-refractivity contribution in [2.45, 2.75) is 120 Å². The molecule has 1 aliphatic rings. The lowest BCUT2D eigenvalue weighted by molar-refractivity contribution is -0.328. The number of Topliss-reactive ketones (excluding diaryl/α,β-unsaturated/α-hetero) is 1. The molecule has 13 N–H and O–H groups in total. The van der Waals surface area contributed by atoms with E-state index in [0.717, 1.165) is 0 Å². The molecule has 0 amide bonds. The van der Waals surface area contributed by atoms with Crippen molar-refractivity contribution in [2.75, 3.05) is 26.4 Å². The van der Waals surface area contributed by atoms with E-state index >= 15 is 0 Å². The van der Waals surface area contributed by atoms with E-state index in [-0.39, 0.29) is 0 Å². The largest absolute Gasteiger partial charge is 0.394 e. The zero-order chi connectivity index (χ0) is 33.6. The highest BCUT2D eigenvalue weighted by Crippen LogP contribution is 2.31. The predicted octanol–water partition coefficient (Wildman–Crippen LogP) is -6.29. The molecule has 0 saturated carbocycles. The smallest absolute Gasteiger partial charge is 0.187 e. The van der Waals surface area contributed by atoms with Gasteiger partial charge in [0, 0.05) is 10.8 Å². The lowest BCUT2D eigenvalue weighted by Crippen LogP contribution is -2.62. The number of ether oxygens (including phenoxy) is 3. The first kappa shape index (κ1) is 40.1. The normalized spacial score (nSPS) is 30.0. The topological polar surface area (TPSA) is 308 Å². The maximum absolute atomic E-state index is 12.7. The van der Waals surface area contributed by atoms with E-state index in [4.69, 9.17) is 14.2 Å². The number of carbonyl (C=O) groups is 1. The Morgan fingerprint density at radius 3 is 1.74 bits per heavy atom. The van der Waals surface area contributed by atoms with E-state index in [9.17, 15) is 71.2 Å². The van der Waals surface area contributed by atoms with Gasteiger partial charge >= 0.3 is 0 Å². The zero-order valence-corrected chi connectivity index (χ0v) is 24.9. The molecule has 1 rings (SSSR count). The van der Waals surface area contributed by atoms with Gasteiger partial charge in [0.2, 0.25) is 0 Å². The minimum Gasteiger partial charge on any atom is -0.394 e. The fourth-order valence-corrected chi connectivity index (χ4v) is 4.37. The van der Waals surface area contributed by atoms with Crippen molar-refractivity contribution < 1.29 is 85.4 Å². The summed E-state index contributed by atoms with van der Waals surface area (Å²) in [4.78, 5) is 12.7. The third-order valence-corrected chi connectivity index (χ3v) is 7.40. The van der Waals surface area contributed by atoms with Crippen molar-refractivity contribution in [1.29, 1.82) is 0 Å². The molecule has 43 heavy (non-hydrogen) atoms. The average molecular weight is 635 g/mol. The Labute approximate surface area is 249 Å². The predicted molar refractivity (Wildman–Crippen MR) is 143 cm³/mol. The summed E-state index contributed by atoms with van der Waals surface area (Å²) in [5.41, 5.74) is -2.69. The van der Waals surface area contributed by atoms with Crippen molar-refractivity contribution in [3.63, 3.8) is 0 Å². The number of hydrogen-bond acceptors (Lipinski definition) is 17. The molecule has 0 aliphatic carbocycles. The van der Waals surface area contributed by atoms with Crippen LogP contribution >= 0.6 is 0 Å². The maximum atomic E-state index is 12.7. The van der Waals surface area contributed by atoms with Gasteiger partial charge in [-0.15, -0.1) is 0 Å². The van der Waals surface area contributed by atoms with E-state index in [1.54, 1.807) is 0 Å². The summed E-state index contributed by atoms with van der Waals surface area (Å²) in [6.45, 7) is 3.63. The van der Waals surface area contributed by atoms with Crippen molar-refractivity contribution in [3.8, 4) is 0 Å². The summed E-state index contributed by atoms with van der Waals surface area (Å²) in [6, 6.07) is 0. The molecule has 0 aromatic carbocycles. The number of carbonyl (C=O) groups excluding carboxylic acids is 1. The Bertz CT molecular complexity index is 835. The van der Waals surface area contributed by atoms with Crippen LogP contribution in [0.4, 0.5) is 0 Å². The first-order chi connectivity index (χ1) is 19.7. The van der Waals surface area contributed by atoms with Gasteiger partial charge in [-0.3, -0.25) is 4.79 Å². The van der Waals surface area contributed by atoms with E-state index < -0.39 is 129 Å². The molecule has 14 atom stereocenters. The van der Waals surface area contributed by atoms with Gasteiger partial charge in [-0.05, 0) is 0 Å². The number of rotatable bonds is 17. The van der Waals surface area contributed by atoms with Crippen LogP contribution < -0.4 is 0 Å². The fourth-order valence-electron chi connectivity index (χ4n) is 4.37. The fraction of sp³-hybridized carbons (Fsp3) is 0.962. The van der Waals surface area contributed by atoms with Gasteiger partial charge in [-0.1, -0.05) is 34.6 Å². The Morgan fingerprint density at radius 2 is 1.28 bits per heavy atom. The van der Waals surface area contributed by atoms with E-state index in [2.05, 4.69) is 0 Å². The molecular weight excluding hydrogens is 584 g/mol. The lowest BCUT2D eigenvalue weighted by Gasteiger charge is -2.43. The van der Waals surface area contributed by atoms with Gasteiger partial charge in [-0.25, -0.2) is 0 Å².